The van der Waals surface area contributed by atoms with Crippen LogP contribution in [-0.4, -0.2) is 15.9 Å². The molecule has 1 N–H and O–H groups in total. The summed E-state index contributed by atoms with van der Waals surface area (Å²) < 4.78 is 12.0. The fraction of sp³-hybridized carbons (Fsp3) is 0.0833. The van der Waals surface area contributed by atoms with E-state index in [1.54, 1.807) is 18.5 Å². The van der Waals surface area contributed by atoms with E-state index in [1.165, 1.54) is 12.3 Å². The number of rotatable bonds is 2. The lowest BCUT2D eigenvalue weighted by Crippen LogP contribution is -2.15. The van der Waals surface area contributed by atoms with Gasteiger partial charge in [0.2, 0.25) is 0 Å². The zero-order chi connectivity index (χ0) is 12.3. The van der Waals surface area contributed by atoms with Crippen LogP contribution in [0.1, 0.15) is 16.1 Å². The van der Waals surface area contributed by atoms with Crippen LogP contribution in [0.5, 0.6) is 0 Å². The number of halogens is 1. The number of hydrogen-bond donors (Lipinski definition) is 1. The smallest absolute Gasteiger partial charge is 0.265 e. The minimum absolute atomic E-state index is 0.0338. The van der Waals surface area contributed by atoms with Crippen molar-refractivity contribution < 1.29 is 9.28 Å². The lowest BCUT2D eigenvalue weighted by atomic mass is 10.1. The number of aryl methyl sites for hydroxylation is 1. The van der Waals surface area contributed by atoms with Crippen LogP contribution in [0.15, 0.2) is 36.8 Å². The Balaban J connectivity index is 2.43. The number of nitrogens with one attached hydrogen (secondary N) is 1. The second-order valence-electron chi connectivity index (χ2n) is 3.60. The maximum absolute atomic E-state index is 12.0. The molecule has 0 radical (unpaired) electrons. The standard InChI is InChI=1S/C12H10FN3O/c1-8-4-10(7-14-6-8)9-2-3-15-11(5-9)12(17)16-13/h2-7H,1H3,(H,16,17). The maximum atomic E-state index is 12.0. The molecule has 0 atom stereocenters. The summed E-state index contributed by atoms with van der Waals surface area (Å²) in [5.41, 5.74) is 3.73. The van der Waals surface area contributed by atoms with Gasteiger partial charge in [0, 0.05) is 24.2 Å². The molecule has 0 aliphatic carbocycles. The minimum atomic E-state index is -0.854. The molecule has 0 unspecified atom stereocenters. The van der Waals surface area contributed by atoms with E-state index in [0.29, 0.717) is 0 Å². The summed E-state index contributed by atoms with van der Waals surface area (Å²) in [4.78, 5) is 18.9. The first kappa shape index (κ1) is 11.2. The molecule has 0 bridgehead atoms. The largest absolute Gasteiger partial charge is 0.297 e. The Labute approximate surface area is 97.5 Å². The van der Waals surface area contributed by atoms with Crippen LogP contribution in [0.4, 0.5) is 4.48 Å². The SMILES string of the molecule is Cc1cncc(-c2ccnc(C(=O)NF)c2)c1. The Morgan fingerprint density at radius 1 is 1.29 bits per heavy atom. The van der Waals surface area contributed by atoms with Crippen molar-refractivity contribution in [3.8, 4) is 11.1 Å². The van der Waals surface area contributed by atoms with Crippen molar-refractivity contribution in [2.75, 3.05) is 0 Å². The number of carbonyl (C=O) groups is 1. The van der Waals surface area contributed by atoms with Crippen molar-refractivity contribution in [1.29, 1.82) is 0 Å². The van der Waals surface area contributed by atoms with E-state index in [2.05, 4.69) is 9.97 Å². The van der Waals surface area contributed by atoms with Gasteiger partial charge in [-0.2, -0.15) is 5.54 Å². The van der Waals surface area contributed by atoms with E-state index in [9.17, 15) is 9.28 Å². The van der Waals surface area contributed by atoms with E-state index in [-0.39, 0.29) is 5.69 Å². The zero-order valence-corrected chi connectivity index (χ0v) is 9.14. The van der Waals surface area contributed by atoms with Crippen LogP contribution < -0.4 is 5.54 Å². The van der Waals surface area contributed by atoms with Gasteiger partial charge in [0.1, 0.15) is 5.69 Å². The fourth-order valence-corrected chi connectivity index (χ4v) is 1.50. The average Bonchev–Trinajstić information content (AvgIpc) is 2.38. The van der Waals surface area contributed by atoms with Gasteiger partial charge in [-0.25, -0.2) is 0 Å². The molecular formula is C12H10FN3O. The summed E-state index contributed by atoms with van der Waals surface area (Å²) in [5, 5.41) is 0. The molecule has 0 aliphatic rings. The third-order valence-electron chi connectivity index (χ3n) is 2.29. The van der Waals surface area contributed by atoms with Gasteiger partial charge in [-0.05, 0) is 36.2 Å². The van der Waals surface area contributed by atoms with Crippen LogP contribution in [0.25, 0.3) is 11.1 Å². The van der Waals surface area contributed by atoms with Crippen molar-refractivity contribution in [3.63, 3.8) is 0 Å². The summed E-state index contributed by atoms with van der Waals surface area (Å²) in [6, 6.07) is 5.19. The summed E-state index contributed by atoms with van der Waals surface area (Å²) in [6.07, 6.45) is 4.88. The molecule has 0 saturated heterocycles. The predicted molar refractivity (Wildman–Crippen MR) is 60.8 cm³/mol. The van der Waals surface area contributed by atoms with E-state index in [0.717, 1.165) is 22.2 Å². The van der Waals surface area contributed by atoms with Crippen LogP contribution >= 0.6 is 0 Å². The normalized spacial score (nSPS) is 10.0. The molecule has 5 heteroatoms. The maximum Gasteiger partial charge on any atom is 0.297 e. The molecular weight excluding hydrogens is 221 g/mol. The first-order valence-corrected chi connectivity index (χ1v) is 5.00. The Morgan fingerprint density at radius 2 is 2.12 bits per heavy atom. The number of amides is 1. The summed E-state index contributed by atoms with van der Waals surface area (Å²) >= 11 is 0. The number of nitrogens with zero attached hydrogens (tertiary/aromatic N) is 2. The van der Waals surface area contributed by atoms with E-state index >= 15 is 0 Å². The molecule has 2 aromatic rings. The first-order valence-electron chi connectivity index (χ1n) is 5.00. The third kappa shape index (κ3) is 2.44. The molecule has 2 rings (SSSR count). The highest BCUT2D eigenvalue weighted by molar-refractivity contribution is 5.92. The van der Waals surface area contributed by atoms with Crippen molar-refractivity contribution in [3.05, 3.63) is 48.0 Å². The molecule has 4 nitrogen and oxygen atoms in total. The van der Waals surface area contributed by atoms with Gasteiger partial charge >= 0.3 is 0 Å². The summed E-state index contributed by atoms with van der Waals surface area (Å²) in [7, 11) is 0. The highest BCUT2D eigenvalue weighted by Crippen LogP contribution is 2.19. The van der Waals surface area contributed by atoms with Crippen LogP contribution in [-0.2, 0) is 0 Å². The Morgan fingerprint density at radius 3 is 2.82 bits per heavy atom. The van der Waals surface area contributed by atoms with Gasteiger partial charge < -0.3 is 0 Å². The molecule has 2 aromatic heterocycles. The molecule has 86 valence electrons. The Kier molecular flexibility index (Phi) is 3.09. The summed E-state index contributed by atoms with van der Waals surface area (Å²) in [6.45, 7) is 1.92. The van der Waals surface area contributed by atoms with Gasteiger partial charge in [-0.1, -0.05) is 4.48 Å². The summed E-state index contributed by atoms with van der Waals surface area (Å²) in [5.74, 6) is -0.854. The third-order valence-corrected chi connectivity index (χ3v) is 2.29. The van der Waals surface area contributed by atoms with Crippen molar-refractivity contribution >= 4 is 5.91 Å². The number of hydrogen-bond acceptors (Lipinski definition) is 3. The van der Waals surface area contributed by atoms with Crippen molar-refractivity contribution in [2.45, 2.75) is 6.92 Å². The highest BCUT2D eigenvalue weighted by atomic mass is 19.2. The number of pyridine rings is 2. The molecule has 0 spiro atoms. The van der Waals surface area contributed by atoms with Gasteiger partial charge in [0.25, 0.3) is 5.91 Å². The Bertz CT molecular complexity index is 557. The number of aromatic nitrogens is 2. The topological polar surface area (TPSA) is 54.9 Å². The Hall–Kier alpha value is -2.30. The van der Waals surface area contributed by atoms with Crippen molar-refractivity contribution in [1.82, 2.24) is 15.5 Å². The second kappa shape index (κ2) is 4.69. The van der Waals surface area contributed by atoms with E-state index in [4.69, 9.17) is 0 Å². The van der Waals surface area contributed by atoms with E-state index < -0.39 is 5.91 Å². The van der Waals surface area contributed by atoms with Crippen molar-refractivity contribution in [2.24, 2.45) is 0 Å². The lowest BCUT2D eigenvalue weighted by Gasteiger charge is -2.03. The van der Waals surface area contributed by atoms with Gasteiger partial charge in [-0.3, -0.25) is 14.8 Å². The van der Waals surface area contributed by atoms with Crippen LogP contribution in [0.3, 0.4) is 0 Å². The molecule has 2 heterocycles. The van der Waals surface area contributed by atoms with Crippen LogP contribution in [0, 0.1) is 6.92 Å². The fourth-order valence-electron chi connectivity index (χ4n) is 1.50. The van der Waals surface area contributed by atoms with Gasteiger partial charge in [-0.15, -0.1) is 0 Å². The molecule has 0 fully saturated rings. The molecule has 1 amide bonds. The second-order valence-corrected chi connectivity index (χ2v) is 3.60. The predicted octanol–water partition coefficient (Wildman–Crippen LogP) is 2.07. The molecule has 0 aliphatic heterocycles. The monoisotopic (exact) mass is 231 g/mol. The number of carbonyl (C=O) groups excluding carboxylic acids is 1. The first-order chi connectivity index (χ1) is 8.20. The van der Waals surface area contributed by atoms with E-state index in [1.807, 2.05) is 13.0 Å². The highest BCUT2D eigenvalue weighted by Gasteiger charge is 2.08. The lowest BCUT2D eigenvalue weighted by molar-refractivity contribution is 0.0854. The average molecular weight is 231 g/mol. The van der Waals surface area contributed by atoms with Crippen LogP contribution in [0.2, 0.25) is 0 Å². The van der Waals surface area contributed by atoms with Gasteiger partial charge in [0.15, 0.2) is 0 Å². The minimum Gasteiger partial charge on any atom is -0.265 e. The molecule has 0 aromatic carbocycles. The molecule has 0 saturated carbocycles. The quantitative estimate of drug-likeness (QED) is 0.805. The van der Waals surface area contributed by atoms with Gasteiger partial charge in [0.05, 0.1) is 0 Å². The zero-order valence-electron chi connectivity index (χ0n) is 9.14. The molecule has 17 heavy (non-hydrogen) atoms.